The molecule has 0 radical (unpaired) electrons. The Bertz CT molecular complexity index is 1250. The second kappa shape index (κ2) is 9.93. The van der Waals surface area contributed by atoms with Gasteiger partial charge in [-0.2, -0.15) is 0 Å². The maximum absolute atomic E-state index is 13.9. The van der Waals surface area contributed by atoms with Gasteiger partial charge in [0.2, 0.25) is 17.7 Å². The standard InChI is InChI=1S/C29H35N3O5S/c1-5-37-20-11-9-19(10-12-20)30-25(34)21-22-27(36)32(15-16-33)24(29(22)14-13-28(21,4)38-29)26(35)31-23-17(2)7-6-8-18(23)3/h6-12,21-22,24,33H,5,13-16H2,1-4H3,(H,30,34)(H,31,35)/t21-,22+,24?,28+,29?/m1/s1. The van der Waals surface area contributed by atoms with E-state index in [0.717, 1.165) is 29.0 Å². The quantitative estimate of drug-likeness (QED) is 0.473. The molecule has 8 nitrogen and oxygen atoms in total. The van der Waals surface area contributed by atoms with Crippen molar-refractivity contribution >= 4 is 40.9 Å². The third-order valence-corrected chi connectivity index (χ3v) is 10.3. The van der Waals surface area contributed by atoms with Crippen molar-refractivity contribution < 1.29 is 24.2 Å². The van der Waals surface area contributed by atoms with Gasteiger partial charge in [0.05, 0.1) is 29.8 Å². The number of likely N-dealkylation sites (tertiary alicyclic amines) is 1. The fourth-order valence-corrected chi connectivity index (χ4v) is 9.06. The molecule has 5 rings (SSSR count). The summed E-state index contributed by atoms with van der Waals surface area (Å²) < 4.78 is 4.29. The molecular weight excluding hydrogens is 502 g/mol. The zero-order valence-electron chi connectivity index (χ0n) is 22.2. The number of rotatable bonds is 8. The van der Waals surface area contributed by atoms with Gasteiger partial charge in [0.1, 0.15) is 11.8 Å². The topological polar surface area (TPSA) is 108 Å². The van der Waals surface area contributed by atoms with Gasteiger partial charge in [-0.05, 0) is 75.9 Å². The van der Waals surface area contributed by atoms with Crippen molar-refractivity contribution in [2.24, 2.45) is 11.8 Å². The van der Waals surface area contributed by atoms with Crippen LogP contribution in [-0.4, -0.2) is 63.0 Å². The summed E-state index contributed by atoms with van der Waals surface area (Å²) in [5.74, 6) is -1.24. The van der Waals surface area contributed by atoms with E-state index in [1.54, 1.807) is 36.0 Å². The number of fused-ring (bicyclic) bond motifs is 1. The molecule has 3 aliphatic heterocycles. The molecule has 0 aromatic heterocycles. The molecule has 3 saturated heterocycles. The maximum atomic E-state index is 13.9. The van der Waals surface area contributed by atoms with Gasteiger partial charge < -0.3 is 25.4 Å². The number of hydrogen-bond acceptors (Lipinski definition) is 6. The number of carbonyl (C=O) groups excluding carboxylic acids is 3. The van der Waals surface area contributed by atoms with Gasteiger partial charge in [0.15, 0.2) is 0 Å². The molecule has 2 unspecified atom stereocenters. The van der Waals surface area contributed by atoms with Crippen LogP contribution in [-0.2, 0) is 14.4 Å². The van der Waals surface area contributed by atoms with Gasteiger partial charge in [-0.25, -0.2) is 0 Å². The lowest BCUT2D eigenvalue weighted by atomic mass is 9.66. The first kappa shape index (κ1) is 26.6. The minimum absolute atomic E-state index is 0.0480. The summed E-state index contributed by atoms with van der Waals surface area (Å²) in [6.07, 6.45) is 1.38. The number of aliphatic hydroxyl groups is 1. The molecule has 3 heterocycles. The van der Waals surface area contributed by atoms with Crippen LogP contribution >= 0.6 is 11.8 Å². The van der Waals surface area contributed by atoms with Crippen LogP contribution in [0.1, 0.15) is 37.8 Å². The summed E-state index contributed by atoms with van der Waals surface area (Å²) in [5, 5.41) is 15.9. The minimum atomic E-state index is -0.777. The van der Waals surface area contributed by atoms with E-state index < -0.39 is 27.4 Å². The fourth-order valence-electron chi connectivity index (χ4n) is 6.70. The first-order valence-corrected chi connectivity index (χ1v) is 14.0. The molecule has 3 aliphatic rings. The highest BCUT2D eigenvalue weighted by Crippen LogP contribution is 2.71. The molecule has 2 aromatic rings. The third-order valence-electron chi connectivity index (χ3n) is 8.31. The molecule has 2 bridgehead atoms. The lowest BCUT2D eigenvalue weighted by Gasteiger charge is -2.35. The third kappa shape index (κ3) is 4.16. The van der Waals surface area contributed by atoms with E-state index >= 15 is 0 Å². The Balaban J connectivity index is 1.46. The van der Waals surface area contributed by atoms with Crippen LogP contribution in [0.3, 0.4) is 0 Å². The lowest BCUT2D eigenvalue weighted by Crippen LogP contribution is -2.52. The Morgan fingerprint density at radius 3 is 2.39 bits per heavy atom. The molecule has 3 fully saturated rings. The van der Waals surface area contributed by atoms with Crippen molar-refractivity contribution in [2.45, 2.75) is 56.1 Å². The zero-order chi connectivity index (χ0) is 27.2. The van der Waals surface area contributed by atoms with Gasteiger partial charge in [-0.3, -0.25) is 14.4 Å². The summed E-state index contributed by atoms with van der Waals surface area (Å²) in [6.45, 7) is 8.17. The van der Waals surface area contributed by atoms with Gasteiger partial charge >= 0.3 is 0 Å². The molecule has 38 heavy (non-hydrogen) atoms. The molecule has 202 valence electrons. The van der Waals surface area contributed by atoms with E-state index in [4.69, 9.17) is 4.74 Å². The molecule has 5 atom stereocenters. The molecule has 0 aliphatic carbocycles. The summed E-state index contributed by atoms with van der Waals surface area (Å²) in [4.78, 5) is 43.1. The van der Waals surface area contributed by atoms with Gasteiger partial charge in [-0.1, -0.05) is 18.2 Å². The summed E-state index contributed by atoms with van der Waals surface area (Å²) in [6, 6.07) is 12.2. The number of aliphatic hydroxyl groups excluding tert-OH is 1. The van der Waals surface area contributed by atoms with E-state index in [1.807, 2.05) is 45.9 Å². The van der Waals surface area contributed by atoms with Gasteiger partial charge in [0, 0.05) is 22.7 Å². The van der Waals surface area contributed by atoms with Crippen LogP contribution in [0.15, 0.2) is 42.5 Å². The zero-order valence-corrected chi connectivity index (χ0v) is 23.1. The Morgan fingerprint density at radius 1 is 1.08 bits per heavy atom. The van der Waals surface area contributed by atoms with Crippen LogP contribution in [0.25, 0.3) is 0 Å². The summed E-state index contributed by atoms with van der Waals surface area (Å²) in [7, 11) is 0. The fraction of sp³-hybridized carbons (Fsp3) is 0.483. The van der Waals surface area contributed by atoms with Crippen molar-refractivity contribution in [1.29, 1.82) is 0 Å². The number of amides is 3. The number of β-amino-alcohol motifs (C(OH)–C–C–N with tert-alkyl or cyclic N) is 1. The van der Waals surface area contributed by atoms with E-state index in [1.165, 1.54) is 4.90 Å². The second-order valence-corrected chi connectivity index (χ2v) is 12.6. The Kier molecular flexibility index (Phi) is 6.94. The number of nitrogens with zero attached hydrogens (tertiary/aromatic N) is 1. The van der Waals surface area contributed by atoms with Crippen molar-refractivity contribution in [3.8, 4) is 5.75 Å². The SMILES string of the molecule is CCOc1ccc(NC(=O)[C@H]2[C@H]3C(=O)N(CCO)C(C(=O)Nc4c(C)cccc4C)C34CC[C@]2(C)S4)cc1. The predicted octanol–water partition coefficient (Wildman–Crippen LogP) is 3.75. The number of nitrogens with one attached hydrogen (secondary N) is 2. The number of anilines is 2. The molecule has 2 aromatic carbocycles. The minimum Gasteiger partial charge on any atom is -0.494 e. The smallest absolute Gasteiger partial charge is 0.248 e. The van der Waals surface area contributed by atoms with E-state index in [2.05, 4.69) is 10.6 Å². The Morgan fingerprint density at radius 2 is 1.76 bits per heavy atom. The molecule has 3 amide bonds. The Labute approximate surface area is 227 Å². The number of aryl methyl sites for hydroxylation is 2. The number of para-hydroxylation sites is 1. The largest absolute Gasteiger partial charge is 0.494 e. The highest BCUT2D eigenvalue weighted by molar-refractivity contribution is 8.02. The number of hydrogen-bond donors (Lipinski definition) is 3. The maximum Gasteiger partial charge on any atom is 0.248 e. The highest BCUT2D eigenvalue weighted by Gasteiger charge is 2.77. The van der Waals surface area contributed by atoms with E-state index in [0.29, 0.717) is 18.7 Å². The summed E-state index contributed by atoms with van der Waals surface area (Å²) in [5.41, 5.74) is 3.25. The van der Waals surface area contributed by atoms with Gasteiger partial charge in [0.25, 0.3) is 0 Å². The van der Waals surface area contributed by atoms with Crippen LogP contribution in [0.5, 0.6) is 5.75 Å². The van der Waals surface area contributed by atoms with Crippen molar-refractivity contribution in [3.63, 3.8) is 0 Å². The van der Waals surface area contributed by atoms with E-state index in [9.17, 15) is 19.5 Å². The van der Waals surface area contributed by atoms with Crippen LogP contribution in [0, 0.1) is 25.7 Å². The number of benzene rings is 2. The first-order valence-electron chi connectivity index (χ1n) is 13.2. The van der Waals surface area contributed by atoms with Gasteiger partial charge in [-0.15, -0.1) is 11.8 Å². The summed E-state index contributed by atoms with van der Waals surface area (Å²) >= 11 is 1.61. The predicted molar refractivity (Wildman–Crippen MR) is 148 cm³/mol. The second-order valence-electron chi connectivity index (χ2n) is 10.7. The number of thioether (sulfide) groups is 1. The van der Waals surface area contributed by atoms with Crippen molar-refractivity contribution in [3.05, 3.63) is 53.6 Å². The number of ether oxygens (including phenoxy) is 1. The molecule has 9 heteroatoms. The van der Waals surface area contributed by atoms with E-state index in [-0.39, 0.29) is 30.9 Å². The lowest BCUT2D eigenvalue weighted by molar-refractivity contribution is -0.139. The molecular formula is C29H35N3O5S. The monoisotopic (exact) mass is 537 g/mol. The Hall–Kier alpha value is -3.04. The highest BCUT2D eigenvalue weighted by atomic mass is 32.2. The number of carbonyl (C=O) groups is 3. The molecule has 1 spiro atoms. The van der Waals surface area contributed by atoms with Crippen molar-refractivity contribution in [2.75, 3.05) is 30.4 Å². The molecule has 3 N–H and O–H groups in total. The average Bonchev–Trinajstić information content (AvgIpc) is 3.44. The van der Waals surface area contributed by atoms with Crippen LogP contribution in [0.4, 0.5) is 11.4 Å². The average molecular weight is 538 g/mol. The normalized spacial score (nSPS) is 29.3. The van der Waals surface area contributed by atoms with Crippen LogP contribution < -0.4 is 15.4 Å². The van der Waals surface area contributed by atoms with Crippen molar-refractivity contribution in [1.82, 2.24) is 4.90 Å². The first-order chi connectivity index (χ1) is 18.1. The van der Waals surface area contributed by atoms with Crippen LogP contribution in [0.2, 0.25) is 0 Å². The molecule has 0 saturated carbocycles.